The molecule has 2 N–H and O–H groups in total. The zero-order valence-corrected chi connectivity index (χ0v) is 11.1. The van der Waals surface area contributed by atoms with Crippen molar-refractivity contribution in [3.8, 4) is 5.75 Å². The summed E-state index contributed by atoms with van der Waals surface area (Å²) >= 11 is 0. The topological polar surface area (TPSA) is 50.4 Å². The third-order valence-electron chi connectivity index (χ3n) is 3.08. The molecule has 0 radical (unpaired) electrons. The van der Waals surface area contributed by atoms with Gasteiger partial charge in [0.15, 0.2) is 0 Å². The first-order valence-corrected chi connectivity index (χ1v) is 6.65. The van der Waals surface area contributed by atoms with E-state index in [4.69, 9.17) is 0 Å². The zero-order valence-electron chi connectivity index (χ0n) is 11.1. The van der Waals surface area contributed by atoms with Crippen molar-refractivity contribution in [1.82, 2.24) is 10.6 Å². The molecule has 1 aliphatic rings. The van der Waals surface area contributed by atoms with Crippen molar-refractivity contribution in [3.63, 3.8) is 0 Å². The molecule has 6 heteroatoms. The van der Waals surface area contributed by atoms with Crippen LogP contribution in [-0.4, -0.2) is 25.6 Å². The minimum Gasteiger partial charge on any atom is -0.434 e. The molecule has 0 bridgehead atoms. The van der Waals surface area contributed by atoms with Crippen LogP contribution >= 0.6 is 0 Å². The maximum Gasteiger partial charge on any atom is 0.387 e. The number of halogens is 2. The van der Waals surface area contributed by atoms with E-state index in [2.05, 4.69) is 15.4 Å². The Morgan fingerprint density at radius 3 is 2.80 bits per heavy atom. The summed E-state index contributed by atoms with van der Waals surface area (Å²) in [6.07, 6.45) is 2.46. The normalized spacial score (nSPS) is 14.3. The van der Waals surface area contributed by atoms with E-state index < -0.39 is 6.61 Å². The summed E-state index contributed by atoms with van der Waals surface area (Å²) in [6, 6.07) is 6.43. The standard InChI is InChI=1S/C14H18F2N2O2/c15-14(16)20-12-4-2-1-3-11(12)8-18-13(19)9-17-7-10-5-6-10/h1-4,10,14,17H,5-9H2,(H,18,19). The Hall–Kier alpha value is -1.69. The minimum absolute atomic E-state index is 0.0914. The minimum atomic E-state index is -2.87. The first kappa shape index (κ1) is 14.7. The lowest BCUT2D eigenvalue weighted by atomic mass is 10.2. The van der Waals surface area contributed by atoms with Crippen molar-refractivity contribution in [1.29, 1.82) is 0 Å². The second-order valence-electron chi connectivity index (χ2n) is 4.84. The lowest BCUT2D eigenvalue weighted by molar-refractivity contribution is -0.120. The van der Waals surface area contributed by atoms with Crippen LogP contribution in [0.1, 0.15) is 18.4 Å². The van der Waals surface area contributed by atoms with E-state index in [0.717, 1.165) is 6.54 Å². The van der Waals surface area contributed by atoms with Gasteiger partial charge in [-0.3, -0.25) is 4.79 Å². The first-order valence-electron chi connectivity index (χ1n) is 6.65. The summed E-state index contributed by atoms with van der Waals surface area (Å²) in [6.45, 7) is -1.59. The number of amides is 1. The number of carbonyl (C=O) groups is 1. The maximum atomic E-state index is 12.2. The molecule has 0 unspecified atom stereocenters. The fourth-order valence-electron chi connectivity index (χ4n) is 1.83. The third kappa shape index (κ3) is 5.13. The van der Waals surface area contributed by atoms with E-state index in [9.17, 15) is 13.6 Å². The van der Waals surface area contributed by atoms with Gasteiger partial charge in [0.25, 0.3) is 0 Å². The van der Waals surface area contributed by atoms with E-state index in [0.29, 0.717) is 11.5 Å². The Bertz CT molecular complexity index is 451. The molecule has 4 nitrogen and oxygen atoms in total. The Morgan fingerprint density at radius 1 is 1.35 bits per heavy atom. The molecule has 110 valence electrons. The van der Waals surface area contributed by atoms with Gasteiger partial charge < -0.3 is 15.4 Å². The zero-order chi connectivity index (χ0) is 14.4. The van der Waals surface area contributed by atoms with Gasteiger partial charge in [0.1, 0.15) is 5.75 Å². The molecule has 1 amide bonds. The lowest BCUT2D eigenvalue weighted by Crippen LogP contribution is -2.34. The molecule has 1 fully saturated rings. The maximum absolute atomic E-state index is 12.2. The molecule has 1 aromatic rings. The highest BCUT2D eigenvalue weighted by atomic mass is 19.3. The number of hydrogen-bond acceptors (Lipinski definition) is 3. The largest absolute Gasteiger partial charge is 0.434 e. The molecular weight excluding hydrogens is 266 g/mol. The molecule has 0 atom stereocenters. The Balaban J connectivity index is 1.75. The molecule has 1 aliphatic carbocycles. The van der Waals surface area contributed by atoms with Crippen LogP contribution in [0, 0.1) is 5.92 Å². The fourth-order valence-corrected chi connectivity index (χ4v) is 1.83. The number of para-hydroxylation sites is 1. The SMILES string of the molecule is O=C(CNCC1CC1)NCc1ccccc1OC(F)F. The number of carbonyl (C=O) groups excluding carboxylic acids is 1. The summed E-state index contributed by atoms with van der Waals surface area (Å²) in [7, 11) is 0. The van der Waals surface area contributed by atoms with Crippen molar-refractivity contribution in [2.45, 2.75) is 26.0 Å². The molecule has 0 heterocycles. The molecular formula is C14H18F2N2O2. The van der Waals surface area contributed by atoms with Gasteiger partial charge in [-0.1, -0.05) is 18.2 Å². The number of ether oxygens (including phenoxy) is 1. The summed E-state index contributed by atoms with van der Waals surface area (Å²) in [5.74, 6) is 0.647. The highest BCUT2D eigenvalue weighted by Crippen LogP contribution is 2.27. The molecule has 2 rings (SSSR count). The van der Waals surface area contributed by atoms with Crippen LogP contribution in [0.3, 0.4) is 0 Å². The van der Waals surface area contributed by atoms with Gasteiger partial charge in [-0.25, -0.2) is 0 Å². The molecule has 1 aromatic carbocycles. The summed E-state index contributed by atoms with van der Waals surface area (Å²) < 4.78 is 28.9. The quantitative estimate of drug-likeness (QED) is 0.766. The van der Waals surface area contributed by atoms with Gasteiger partial charge in [-0.05, 0) is 31.4 Å². The summed E-state index contributed by atoms with van der Waals surface area (Å²) in [4.78, 5) is 11.6. The average molecular weight is 284 g/mol. The Kier molecular flexibility index (Phi) is 5.29. The second kappa shape index (κ2) is 7.19. The highest BCUT2D eigenvalue weighted by molar-refractivity contribution is 5.78. The molecule has 20 heavy (non-hydrogen) atoms. The Labute approximate surface area is 116 Å². The van der Waals surface area contributed by atoms with Gasteiger partial charge in [-0.2, -0.15) is 8.78 Å². The van der Waals surface area contributed by atoms with Crippen molar-refractivity contribution < 1.29 is 18.3 Å². The van der Waals surface area contributed by atoms with Crippen LogP contribution in [0.4, 0.5) is 8.78 Å². The third-order valence-corrected chi connectivity index (χ3v) is 3.08. The second-order valence-corrected chi connectivity index (χ2v) is 4.84. The van der Waals surface area contributed by atoms with Crippen LogP contribution < -0.4 is 15.4 Å². The van der Waals surface area contributed by atoms with E-state index >= 15 is 0 Å². The van der Waals surface area contributed by atoms with Crippen LogP contribution in [0.5, 0.6) is 5.75 Å². The number of benzene rings is 1. The number of alkyl halides is 2. The summed E-state index contributed by atoms with van der Waals surface area (Å²) in [5, 5.41) is 5.75. The predicted octanol–water partition coefficient (Wildman–Crippen LogP) is 1.90. The van der Waals surface area contributed by atoms with Crippen LogP contribution in [0.15, 0.2) is 24.3 Å². The van der Waals surface area contributed by atoms with Gasteiger partial charge in [0, 0.05) is 12.1 Å². The van der Waals surface area contributed by atoms with Gasteiger partial charge in [0.05, 0.1) is 6.54 Å². The fraction of sp³-hybridized carbons (Fsp3) is 0.500. The monoisotopic (exact) mass is 284 g/mol. The van der Waals surface area contributed by atoms with Crippen LogP contribution in [0.25, 0.3) is 0 Å². The molecule has 0 spiro atoms. The number of hydrogen-bond donors (Lipinski definition) is 2. The van der Waals surface area contributed by atoms with E-state index in [1.807, 2.05) is 0 Å². The van der Waals surface area contributed by atoms with Crippen molar-refractivity contribution in [2.75, 3.05) is 13.1 Å². The van der Waals surface area contributed by atoms with Gasteiger partial charge in [0.2, 0.25) is 5.91 Å². The van der Waals surface area contributed by atoms with Crippen molar-refractivity contribution in [3.05, 3.63) is 29.8 Å². The number of rotatable bonds is 8. The lowest BCUT2D eigenvalue weighted by Gasteiger charge is -2.11. The van der Waals surface area contributed by atoms with Gasteiger partial charge >= 0.3 is 6.61 Å². The Morgan fingerprint density at radius 2 is 2.10 bits per heavy atom. The van der Waals surface area contributed by atoms with Crippen molar-refractivity contribution in [2.24, 2.45) is 5.92 Å². The highest BCUT2D eigenvalue weighted by Gasteiger charge is 2.20. The molecule has 0 aliphatic heterocycles. The number of nitrogens with one attached hydrogen (secondary N) is 2. The predicted molar refractivity (Wildman–Crippen MR) is 70.5 cm³/mol. The summed E-state index contributed by atoms with van der Waals surface area (Å²) in [5.41, 5.74) is 0.531. The van der Waals surface area contributed by atoms with E-state index in [1.165, 1.54) is 18.9 Å². The van der Waals surface area contributed by atoms with Crippen molar-refractivity contribution >= 4 is 5.91 Å². The van der Waals surface area contributed by atoms with Crippen LogP contribution in [0.2, 0.25) is 0 Å². The molecule has 0 aromatic heterocycles. The van der Waals surface area contributed by atoms with E-state index in [1.54, 1.807) is 18.2 Å². The first-order chi connectivity index (χ1) is 9.65. The van der Waals surface area contributed by atoms with E-state index in [-0.39, 0.29) is 24.7 Å². The molecule has 1 saturated carbocycles. The average Bonchev–Trinajstić information content (AvgIpc) is 3.21. The smallest absolute Gasteiger partial charge is 0.387 e. The molecule has 0 saturated heterocycles. The van der Waals surface area contributed by atoms with Crippen LogP contribution in [-0.2, 0) is 11.3 Å². The van der Waals surface area contributed by atoms with Gasteiger partial charge in [-0.15, -0.1) is 0 Å².